The molecule has 4 aromatic rings. The molecule has 0 saturated heterocycles. The summed E-state index contributed by atoms with van der Waals surface area (Å²) in [6.07, 6.45) is 1.28. The number of pyridine rings is 1. The largest absolute Gasteiger partial charge is 0.481 e. The minimum absolute atomic E-state index is 0.104. The fourth-order valence-electron chi connectivity index (χ4n) is 4.48. The molecule has 7 heteroatoms. The molecule has 0 radical (unpaired) electrons. The van der Waals surface area contributed by atoms with E-state index in [1.54, 1.807) is 9.13 Å². The minimum atomic E-state index is -0.922. The summed E-state index contributed by atoms with van der Waals surface area (Å²) in [4.78, 5) is 25.0. The Kier molecular flexibility index (Phi) is 5.38. The van der Waals surface area contributed by atoms with E-state index >= 15 is 0 Å². The summed E-state index contributed by atoms with van der Waals surface area (Å²) in [7, 11) is 0. The molecular formula is C24H24N4O3. The Morgan fingerprint density at radius 3 is 2.52 bits per heavy atom. The van der Waals surface area contributed by atoms with Gasteiger partial charge in [0.05, 0.1) is 35.1 Å². The molecule has 4 rings (SSSR count). The highest BCUT2D eigenvalue weighted by Gasteiger charge is 2.23. The molecular weight excluding hydrogens is 392 g/mol. The van der Waals surface area contributed by atoms with Crippen LogP contribution < -0.4 is 5.69 Å². The summed E-state index contributed by atoms with van der Waals surface area (Å²) in [6, 6.07) is 16.9. The maximum absolute atomic E-state index is 13.5. The molecule has 1 atom stereocenters. The predicted octanol–water partition coefficient (Wildman–Crippen LogP) is 4.10. The van der Waals surface area contributed by atoms with Crippen LogP contribution in [0.2, 0.25) is 0 Å². The molecule has 0 aliphatic carbocycles. The maximum Gasteiger partial charge on any atom is 0.329 e. The average molecular weight is 416 g/mol. The van der Waals surface area contributed by atoms with Crippen molar-refractivity contribution < 1.29 is 9.90 Å². The topological polar surface area (TPSA) is 92.4 Å². The summed E-state index contributed by atoms with van der Waals surface area (Å²) >= 11 is 0. The number of aryl methyl sites for hydroxylation is 1. The van der Waals surface area contributed by atoms with Gasteiger partial charge in [-0.3, -0.25) is 13.9 Å². The van der Waals surface area contributed by atoms with Gasteiger partial charge in [0.2, 0.25) is 0 Å². The Morgan fingerprint density at radius 1 is 1.13 bits per heavy atom. The molecule has 0 bridgehead atoms. The van der Waals surface area contributed by atoms with Crippen molar-refractivity contribution >= 4 is 22.5 Å². The molecule has 1 N–H and O–H groups in total. The Hall–Kier alpha value is -3.79. The number of carboxylic acid groups (broad SMARTS) is 1. The van der Waals surface area contributed by atoms with Crippen molar-refractivity contribution in [3.05, 3.63) is 76.0 Å². The molecule has 0 spiro atoms. The average Bonchev–Trinajstić information content (AvgIpc) is 3.24. The van der Waals surface area contributed by atoms with Crippen LogP contribution in [-0.2, 0) is 11.3 Å². The van der Waals surface area contributed by atoms with Gasteiger partial charge in [-0.1, -0.05) is 31.5 Å². The molecule has 7 nitrogen and oxygen atoms in total. The highest BCUT2D eigenvalue weighted by molar-refractivity contribution is 5.77. The first-order valence-corrected chi connectivity index (χ1v) is 10.4. The van der Waals surface area contributed by atoms with Crippen molar-refractivity contribution in [2.45, 2.75) is 45.7 Å². The third kappa shape index (κ3) is 3.50. The third-order valence-corrected chi connectivity index (χ3v) is 5.77. The molecule has 0 amide bonds. The van der Waals surface area contributed by atoms with Gasteiger partial charge < -0.3 is 9.51 Å². The summed E-state index contributed by atoms with van der Waals surface area (Å²) in [6.45, 7) is 4.23. The highest BCUT2D eigenvalue weighted by Crippen LogP contribution is 2.25. The Balaban J connectivity index is 1.92. The number of imidazole rings is 1. The third-order valence-electron chi connectivity index (χ3n) is 5.77. The molecule has 0 saturated carbocycles. The Bertz CT molecular complexity index is 1380. The lowest BCUT2D eigenvalue weighted by Crippen LogP contribution is -2.29. The number of carboxylic acids is 1. The van der Waals surface area contributed by atoms with Crippen LogP contribution in [0.5, 0.6) is 0 Å². The van der Waals surface area contributed by atoms with Crippen LogP contribution >= 0.6 is 0 Å². The summed E-state index contributed by atoms with van der Waals surface area (Å²) in [5.74, 6) is -0.922. The van der Waals surface area contributed by atoms with E-state index in [2.05, 4.69) is 6.07 Å². The number of hydrogen-bond acceptors (Lipinski definition) is 3. The number of nitriles is 1. The van der Waals surface area contributed by atoms with Crippen molar-refractivity contribution in [1.82, 2.24) is 13.5 Å². The van der Waals surface area contributed by atoms with Gasteiger partial charge in [0.1, 0.15) is 6.07 Å². The normalized spacial score (nSPS) is 12.3. The van der Waals surface area contributed by atoms with Crippen LogP contribution in [0.25, 0.3) is 16.6 Å². The van der Waals surface area contributed by atoms with E-state index in [4.69, 9.17) is 0 Å². The van der Waals surface area contributed by atoms with Crippen LogP contribution in [0.3, 0.4) is 0 Å². The monoisotopic (exact) mass is 416 g/mol. The number of hydrogen-bond donors (Lipinski definition) is 1. The fraction of sp³-hybridized carbons (Fsp3) is 0.292. The fourth-order valence-corrected chi connectivity index (χ4v) is 4.48. The van der Waals surface area contributed by atoms with Crippen molar-refractivity contribution in [3.63, 3.8) is 0 Å². The molecule has 0 aliphatic heterocycles. The quantitative estimate of drug-likeness (QED) is 0.491. The van der Waals surface area contributed by atoms with Crippen molar-refractivity contribution in [2.75, 3.05) is 0 Å². The van der Waals surface area contributed by atoms with Crippen molar-refractivity contribution in [3.8, 4) is 6.07 Å². The second-order valence-corrected chi connectivity index (χ2v) is 7.82. The van der Waals surface area contributed by atoms with E-state index in [0.29, 0.717) is 12.0 Å². The van der Waals surface area contributed by atoms with Crippen LogP contribution in [0.1, 0.15) is 49.2 Å². The highest BCUT2D eigenvalue weighted by atomic mass is 16.4. The van der Waals surface area contributed by atoms with E-state index in [-0.39, 0.29) is 18.7 Å². The zero-order valence-corrected chi connectivity index (χ0v) is 17.6. The second kappa shape index (κ2) is 8.15. The number of fused-ring (bicyclic) bond motifs is 2. The zero-order valence-electron chi connectivity index (χ0n) is 17.6. The van der Waals surface area contributed by atoms with Gasteiger partial charge >= 0.3 is 11.7 Å². The molecule has 1 unspecified atom stereocenters. The zero-order chi connectivity index (χ0) is 22.1. The number of para-hydroxylation sites is 2. The SMILES string of the molecule is CCCC(CC(=O)O)n1c(=O)n(Cc2cc(C#N)c3cccc(C)n23)c2ccccc21. The molecule has 1 aromatic carbocycles. The van der Waals surface area contributed by atoms with Gasteiger partial charge in [-0.25, -0.2) is 4.79 Å². The van der Waals surface area contributed by atoms with Gasteiger partial charge in [0.15, 0.2) is 0 Å². The minimum Gasteiger partial charge on any atom is -0.481 e. The van der Waals surface area contributed by atoms with E-state index in [0.717, 1.165) is 34.4 Å². The first kappa shape index (κ1) is 20.5. The van der Waals surface area contributed by atoms with Crippen molar-refractivity contribution in [2.24, 2.45) is 0 Å². The molecule has 0 fully saturated rings. The number of aliphatic carboxylic acids is 1. The lowest BCUT2D eigenvalue weighted by atomic mass is 10.1. The Morgan fingerprint density at radius 2 is 1.84 bits per heavy atom. The van der Waals surface area contributed by atoms with Crippen LogP contribution in [-0.4, -0.2) is 24.6 Å². The smallest absolute Gasteiger partial charge is 0.329 e. The first-order valence-electron chi connectivity index (χ1n) is 10.4. The van der Waals surface area contributed by atoms with Crippen LogP contribution in [0.4, 0.5) is 0 Å². The standard InChI is InChI=1S/C24H24N4O3/c1-3-7-18(13-23(29)30)28-22-10-5-4-9-21(22)26(24(28)31)15-19-12-17(14-25)20-11-6-8-16(2)27(19)20/h4-6,8-12,18H,3,7,13,15H2,1-2H3,(H,29,30). The van der Waals surface area contributed by atoms with E-state index < -0.39 is 12.0 Å². The van der Waals surface area contributed by atoms with Gasteiger partial charge in [0.25, 0.3) is 0 Å². The molecule has 3 aromatic heterocycles. The maximum atomic E-state index is 13.5. The predicted molar refractivity (Wildman–Crippen MR) is 118 cm³/mol. The van der Waals surface area contributed by atoms with Crippen LogP contribution in [0, 0.1) is 18.3 Å². The van der Waals surface area contributed by atoms with E-state index in [9.17, 15) is 20.0 Å². The second-order valence-electron chi connectivity index (χ2n) is 7.82. The molecule has 31 heavy (non-hydrogen) atoms. The van der Waals surface area contributed by atoms with Crippen LogP contribution in [0.15, 0.2) is 53.3 Å². The first-order chi connectivity index (χ1) is 15.0. The molecule has 158 valence electrons. The summed E-state index contributed by atoms with van der Waals surface area (Å²) in [5.41, 5.74) is 4.42. The lowest BCUT2D eigenvalue weighted by Gasteiger charge is -2.16. The van der Waals surface area contributed by atoms with Gasteiger partial charge in [0, 0.05) is 17.4 Å². The number of nitrogens with zero attached hydrogens (tertiary/aromatic N) is 4. The molecule has 0 aliphatic rings. The lowest BCUT2D eigenvalue weighted by molar-refractivity contribution is -0.137. The Labute approximate surface area is 179 Å². The number of carbonyl (C=O) groups is 1. The van der Waals surface area contributed by atoms with Gasteiger partial charge in [-0.05, 0) is 43.7 Å². The van der Waals surface area contributed by atoms with Crippen molar-refractivity contribution in [1.29, 1.82) is 5.26 Å². The van der Waals surface area contributed by atoms with Gasteiger partial charge in [-0.2, -0.15) is 5.26 Å². The summed E-state index contributed by atoms with van der Waals surface area (Å²) < 4.78 is 5.30. The number of rotatable bonds is 7. The van der Waals surface area contributed by atoms with E-state index in [1.165, 1.54) is 0 Å². The van der Waals surface area contributed by atoms with E-state index in [1.807, 2.05) is 66.8 Å². The number of benzene rings is 1. The number of aromatic nitrogens is 3. The summed E-state index contributed by atoms with van der Waals surface area (Å²) in [5, 5.41) is 19.0. The molecule has 3 heterocycles. The van der Waals surface area contributed by atoms with Gasteiger partial charge in [-0.15, -0.1) is 0 Å².